The summed E-state index contributed by atoms with van der Waals surface area (Å²) in [6.07, 6.45) is 0. The van der Waals surface area contributed by atoms with Crippen LogP contribution in [0.5, 0.6) is 0 Å². The second-order valence-electron chi connectivity index (χ2n) is 4.92. The number of nitrogens with one attached hydrogen (secondary N) is 1. The zero-order valence-corrected chi connectivity index (χ0v) is 17.1. The molecule has 0 saturated heterocycles. The van der Waals surface area contributed by atoms with Gasteiger partial charge in [0.2, 0.25) is 5.91 Å². The van der Waals surface area contributed by atoms with Crippen LogP contribution in [-0.4, -0.2) is 27.0 Å². The minimum atomic E-state index is -2.16. The second kappa shape index (κ2) is 9.85. The fourth-order valence-corrected chi connectivity index (χ4v) is 5.23. The van der Waals surface area contributed by atoms with E-state index in [0.717, 1.165) is 16.2 Å². The molecule has 4 nitrogen and oxygen atoms in total. The maximum absolute atomic E-state index is 11.7. The Kier molecular flexibility index (Phi) is 8.12. The van der Waals surface area contributed by atoms with Crippen LogP contribution in [0.1, 0.15) is 6.92 Å². The highest BCUT2D eigenvalue weighted by atomic mass is 35.5. The molecule has 0 aliphatic carbocycles. The summed E-state index contributed by atoms with van der Waals surface area (Å²) in [6.45, 7) is 2.04. The molecule has 0 radical (unpaired) electrons. The normalized spacial score (nSPS) is 12.0. The minimum Gasteiger partial charge on any atom is -0.355 e. The lowest BCUT2D eigenvalue weighted by molar-refractivity contribution is -0.118. The number of rotatable bonds is 7. The molecule has 2 rings (SSSR count). The molecule has 0 heterocycles. The standard InChI is InChI=1S/C16H15Cl2NO3S3/c1-10(20)19-6-7-23-24-15-8-11(17)2-4-13(15)14-5-3-12(18)9-16(14)25(21)22/h2-5,8-9H,6-7H2,1H3,(H,19,20)(H,21,22). The number of hydrogen-bond acceptors (Lipinski definition) is 4. The molecule has 0 fully saturated rings. The second-order valence-corrected chi connectivity index (χ2v) is 9.19. The van der Waals surface area contributed by atoms with Crippen molar-refractivity contribution in [2.45, 2.75) is 16.7 Å². The molecule has 1 amide bonds. The third kappa shape index (κ3) is 6.20. The summed E-state index contributed by atoms with van der Waals surface area (Å²) >= 11 is 9.89. The van der Waals surface area contributed by atoms with Crippen LogP contribution in [-0.2, 0) is 15.9 Å². The van der Waals surface area contributed by atoms with E-state index in [9.17, 15) is 13.6 Å². The molecule has 1 unspecified atom stereocenters. The molecule has 2 aromatic rings. The summed E-state index contributed by atoms with van der Waals surface area (Å²) < 4.78 is 21.2. The van der Waals surface area contributed by atoms with Gasteiger partial charge in [-0.25, -0.2) is 4.21 Å². The zero-order chi connectivity index (χ0) is 18.4. The van der Waals surface area contributed by atoms with Crippen molar-refractivity contribution in [3.63, 3.8) is 0 Å². The van der Waals surface area contributed by atoms with E-state index < -0.39 is 11.1 Å². The van der Waals surface area contributed by atoms with Crippen molar-refractivity contribution in [2.24, 2.45) is 0 Å². The van der Waals surface area contributed by atoms with E-state index in [1.165, 1.54) is 23.8 Å². The van der Waals surface area contributed by atoms with E-state index in [-0.39, 0.29) is 10.8 Å². The van der Waals surface area contributed by atoms with Gasteiger partial charge in [0.15, 0.2) is 11.1 Å². The first-order chi connectivity index (χ1) is 11.9. The van der Waals surface area contributed by atoms with E-state index in [0.29, 0.717) is 22.2 Å². The Labute approximate surface area is 166 Å². The molecule has 0 bridgehead atoms. The summed E-state index contributed by atoms with van der Waals surface area (Å²) in [6, 6.07) is 10.3. The van der Waals surface area contributed by atoms with Crippen LogP contribution in [0.25, 0.3) is 11.1 Å². The van der Waals surface area contributed by atoms with Crippen molar-refractivity contribution in [3.05, 3.63) is 46.4 Å². The monoisotopic (exact) mass is 435 g/mol. The summed E-state index contributed by atoms with van der Waals surface area (Å²) in [5, 5.41) is 3.71. The molecule has 25 heavy (non-hydrogen) atoms. The highest BCUT2D eigenvalue weighted by molar-refractivity contribution is 8.76. The van der Waals surface area contributed by atoms with Crippen LogP contribution in [0.4, 0.5) is 0 Å². The van der Waals surface area contributed by atoms with Crippen molar-refractivity contribution < 1.29 is 13.6 Å². The summed E-state index contributed by atoms with van der Waals surface area (Å²) in [4.78, 5) is 12.0. The molecule has 0 aromatic heterocycles. The van der Waals surface area contributed by atoms with Gasteiger partial charge in [-0.2, -0.15) is 0 Å². The van der Waals surface area contributed by atoms with Crippen LogP contribution >= 0.6 is 44.8 Å². The third-order valence-electron chi connectivity index (χ3n) is 3.07. The quantitative estimate of drug-likeness (QED) is 0.358. The fourth-order valence-electron chi connectivity index (χ4n) is 2.02. The number of hydrogen-bond donors (Lipinski definition) is 2. The van der Waals surface area contributed by atoms with Crippen LogP contribution in [0, 0.1) is 0 Å². The Bertz CT molecular complexity index is 802. The molecule has 0 spiro atoms. The Hall–Kier alpha value is -0.700. The van der Waals surface area contributed by atoms with Gasteiger partial charge in [0.05, 0.1) is 4.90 Å². The van der Waals surface area contributed by atoms with E-state index in [4.69, 9.17) is 23.2 Å². The van der Waals surface area contributed by atoms with Crippen LogP contribution < -0.4 is 5.32 Å². The average molecular weight is 436 g/mol. The molecular weight excluding hydrogens is 421 g/mol. The molecule has 134 valence electrons. The Morgan fingerprint density at radius 2 is 1.80 bits per heavy atom. The highest BCUT2D eigenvalue weighted by Crippen LogP contribution is 2.41. The van der Waals surface area contributed by atoms with Crippen LogP contribution in [0.2, 0.25) is 10.0 Å². The van der Waals surface area contributed by atoms with Gasteiger partial charge in [0.1, 0.15) is 0 Å². The molecule has 0 aliphatic heterocycles. The Morgan fingerprint density at radius 1 is 1.16 bits per heavy atom. The average Bonchev–Trinajstić information content (AvgIpc) is 2.54. The van der Waals surface area contributed by atoms with Gasteiger partial charge < -0.3 is 9.87 Å². The van der Waals surface area contributed by atoms with Gasteiger partial charge in [-0.05, 0) is 29.8 Å². The lowest BCUT2D eigenvalue weighted by atomic mass is 10.1. The molecule has 1 atom stereocenters. The first kappa shape index (κ1) is 20.6. The maximum Gasteiger partial charge on any atom is 0.216 e. The van der Waals surface area contributed by atoms with Gasteiger partial charge in [-0.15, -0.1) is 0 Å². The smallest absolute Gasteiger partial charge is 0.216 e. The van der Waals surface area contributed by atoms with E-state index in [2.05, 4.69) is 5.32 Å². The lowest BCUT2D eigenvalue weighted by Gasteiger charge is -2.12. The number of amides is 1. The maximum atomic E-state index is 11.7. The van der Waals surface area contributed by atoms with E-state index in [1.807, 2.05) is 12.1 Å². The predicted molar refractivity (Wildman–Crippen MR) is 108 cm³/mol. The molecular formula is C16H15Cl2NO3S3. The fraction of sp³-hybridized carbons (Fsp3) is 0.188. The first-order valence-corrected chi connectivity index (χ1v) is 11.3. The Morgan fingerprint density at radius 3 is 2.44 bits per heavy atom. The predicted octanol–water partition coefficient (Wildman–Crippen LogP) is 5.12. The van der Waals surface area contributed by atoms with Crippen molar-refractivity contribution in [1.82, 2.24) is 5.32 Å². The van der Waals surface area contributed by atoms with Crippen molar-refractivity contribution in [2.75, 3.05) is 12.3 Å². The van der Waals surface area contributed by atoms with E-state index >= 15 is 0 Å². The summed E-state index contributed by atoms with van der Waals surface area (Å²) in [5.41, 5.74) is 1.43. The van der Waals surface area contributed by atoms with Crippen LogP contribution in [0.3, 0.4) is 0 Å². The SMILES string of the molecule is CC(=O)NCCSSc1cc(Cl)ccc1-c1ccc(Cl)cc1S(=O)O. The molecule has 0 aliphatic rings. The molecule has 2 aromatic carbocycles. The lowest BCUT2D eigenvalue weighted by Crippen LogP contribution is -2.22. The van der Waals surface area contributed by atoms with Gasteiger partial charge in [0, 0.05) is 39.7 Å². The third-order valence-corrected chi connectivity index (χ3v) is 6.66. The number of halogens is 2. The van der Waals surface area contributed by atoms with Crippen molar-refractivity contribution >= 4 is 61.8 Å². The number of benzene rings is 2. The van der Waals surface area contributed by atoms with Gasteiger partial charge >= 0.3 is 0 Å². The van der Waals surface area contributed by atoms with Gasteiger partial charge in [-0.3, -0.25) is 4.79 Å². The topological polar surface area (TPSA) is 66.4 Å². The number of carbonyl (C=O) groups is 1. The first-order valence-electron chi connectivity index (χ1n) is 7.12. The summed E-state index contributed by atoms with van der Waals surface area (Å²) in [7, 11) is 3.06. The van der Waals surface area contributed by atoms with Crippen molar-refractivity contribution in [1.29, 1.82) is 0 Å². The Balaban J connectivity index is 2.27. The van der Waals surface area contributed by atoms with Crippen molar-refractivity contribution in [3.8, 4) is 11.1 Å². The molecule has 2 N–H and O–H groups in total. The van der Waals surface area contributed by atoms with E-state index in [1.54, 1.807) is 29.0 Å². The zero-order valence-electron chi connectivity index (χ0n) is 13.1. The number of carbonyl (C=O) groups excluding carboxylic acids is 1. The van der Waals surface area contributed by atoms with Gasteiger partial charge in [-0.1, -0.05) is 56.9 Å². The van der Waals surface area contributed by atoms with Gasteiger partial charge in [0.25, 0.3) is 0 Å². The van der Waals surface area contributed by atoms with Crippen LogP contribution in [0.15, 0.2) is 46.2 Å². The largest absolute Gasteiger partial charge is 0.355 e. The molecule has 9 heteroatoms. The summed E-state index contributed by atoms with van der Waals surface area (Å²) in [5.74, 6) is 0.653. The molecule has 0 saturated carbocycles. The minimum absolute atomic E-state index is 0.0646. The highest BCUT2D eigenvalue weighted by Gasteiger charge is 2.15.